The highest BCUT2D eigenvalue weighted by atomic mass is 35.5. The van der Waals surface area contributed by atoms with Gasteiger partial charge in [0.2, 0.25) is 0 Å². The van der Waals surface area contributed by atoms with Crippen LogP contribution in [-0.4, -0.2) is 39.9 Å². The smallest absolute Gasteiger partial charge is 0.191 e. The van der Waals surface area contributed by atoms with E-state index in [1.165, 1.54) is 0 Å². The molecule has 6 heteroatoms. The zero-order valence-electron chi connectivity index (χ0n) is 12.2. The lowest BCUT2D eigenvalue weighted by Crippen LogP contribution is -2.38. The summed E-state index contributed by atoms with van der Waals surface area (Å²) in [4.78, 5) is 4.14. The number of ether oxygens (including phenoxy) is 2. The number of methoxy groups -OCH3 is 1. The number of rotatable bonds is 7. The fraction of sp³-hybridized carbons (Fsp3) is 0.500. The number of benzene rings is 1. The number of nitrogens with zero attached hydrogens (tertiary/aromatic N) is 1. The minimum atomic E-state index is 0.605. The van der Waals surface area contributed by atoms with Gasteiger partial charge in [-0.1, -0.05) is 17.7 Å². The first-order valence-corrected chi connectivity index (χ1v) is 6.93. The third-order valence-corrected chi connectivity index (χ3v) is 2.83. The Labute approximate surface area is 125 Å². The van der Waals surface area contributed by atoms with E-state index in [2.05, 4.69) is 15.6 Å². The van der Waals surface area contributed by atoms with Crippen molar-refractivity contribution in [2.45, 2.75) is 13.5 Å². The molecule has 112 valence electrons. The average molecular weight is 300 g/mol. The molecular weight excluding hydrogens is 278 g/mol. The van der Waals surface area contributed by atoms with Crippen molar-refractivity contribution in [3.8, 4) is 5.75 Å². The van der Waals surface area contributed by atoms with Gasteiger partial charge in [-0.25, -0.2) is 0 Å². The van der Waals surface area contributed by atoms with Gasteiger partial charge < -0.3 is 20.1 Å². The van der Waals surface area contributed by atoms with Crippen molar-refractivity contribution in [3.05, 3.63) is 28.8 Å². The summed E-state index contributed by atoms with van der Waals surface area (Å²) in [5, 5.41) is 7.04. The normalized spacial score (nSPS) is 11.3. The summed E-state index contributed by atoms with van der Waals surface area (Å²) in [5.74, 6) is 1.51. The van der Waals surface area contributed by atoms with Crippen LogP contribution in [0.15, 0.2) is 23.2 Å². The molecule has 0 spiro atoms. The fourth-order valence-electron chi connectivity index (χ4n) is 1.64. The van der Waals surface area contributed by atoms with E-state index >= 15 is 0 Å². The predicted octanol–water partition coefficient (Wildman–Crippen LogP) is 2.05. The molecule has 0 fully saturated rings. The van der Waals surface area contributed by atoms with Crippen molar-refractivity contribution < 1.29 is 9.47 Å². The summed E-state index contributed by atoms with van der Waals surface area (Å²) in [5.41, 5.74) is 1.03. The second kappa shape index (κ2) is 9.44. The number of aliphatic imine (C=N–C) groups is 1. The Morgan fingerprint density at radius 1 is 1.35 bits per heavy atom. The number of halogens is 1. The zero-order valence-corrected chi connectivity index (χ0v) is 13.0. The summed E-state index contributed by atoms with van der Waals surface area (Å²) in [7, 11) is 3.40. The SMILES string of the molecule is CCOc1cc(Cl)ccc1CNC(=NC)NCCOC. The Morgan fingerprint density at radius 3 is 2.80 bits per heavy atom. The summed E-state index contributed by atoms with van der Waals surface area (Å²) in [6.07, 6.45) is 0. The highest BCUT2D eigenvalue weighted by molar-refractivity contribution is 6.30. The molecule has 1 rings (SSSR count). The number of nitrogens with one attached hydrogen (secondary N) is 2. The second-order valence-electron chi connectivity index (χ2n) is 4.03. The topological polar surface area (TPSA) is 54.9 Å². The third kappa shape index (κ3) is 5.67. The Kier molecular flexibility index (Phi) is 7.84. The Bertz CT molecular complexity index is 438. The molecule has 0 aliphatic heterocycles. The molecule has 2 N–H and O–H groups in total. The number of guanidine groups is 1. The third-order valence-electron chi connectivity index (χ3n) is 2.60. The van der Waals surface area contributed by atoms with E-state index in [0.717, 1.165) is 17.3 Å². The van der Waals surface area contributed by atoms with Crippen LogP contribution in [0.4, 0.5) is 0 Å². The fourth-order valence-corrected chi connectivity index (χ4v) is 1.80. The van der Waals surface area contributed by atoms with Gasteiger partial charge in [-0.2, -0.15) is 0 Å². The Hall–Kier alpha value is -1.46. The van der Waals surface area contributed by atoms with Crippen LogP contribution < -0.4 is 15.4 Å². The van der Waals surface area contributed by atoms with Crippen molar-refractivity contribution in [2.75, 3.05) is 33.9 Å². The molecule has 0 heterocycles. The maximum absolute atomic E-state index is 5.98. The first-order chi connectivity index (χ1) is 9.71. The molecule has 0 radical (unpaired) electrons. The van der Waals surface area contributed by atoms with E-state index < -0.39 is 0 Å². The standard InChI is InChI=1S/C14H22ClN3O2/c1-4-20-13-9-12(15)6-5-11(13)10-18-14(16-2)17-7-8-19-3/h5-6,9H,4,7-8,10H2,1-3H3,(H2,16,17,18). The molecule has 0 saturated heterocycles. The minimum Gasteiger partial charge on any atom is -0.493 e. The van der Waals surface area contributed by atoms with Crippen LogP contribution in [0.2, 0.25) is 5.02 Å². The predicted molar refractivity (Wildman–Crippen MR) is 82.7 cm³/mol. The van der Waals surface area contributed by atoms with Crippen LogP contribution in [-0.2, 0) is 11.3 Å². The lowest BCUT2D eigenvalue weighted by molar-refractivity contribution is 0.203. The van der Waals surface area contributed by atoms with E-state index in [-0.39, 0.29) is 0 Å². The molecule has 5 nitrogen and oxygen atoms in total. The molecule has 0 saturated carbocycles. The maximum Gasteiger partial charge on any atom is 0.191 e. The van der Waals surface area contributed by atoms with Gasteiger partial charge in [-0.05, 0) is 19.1 Å². The summed E-state index contributed by atoms with van der Waals surface area (Å²) in [6, 6.07) is 5.62. The van der Waals surface area contributed by atoms with Crippen LogP contribution >= 0.6 is 11.6 Å². The van der Waals surface area contributed by atoms with E-state index in [1.807, 2.05) is 25.1 Å². The molecule has 0 aliphatic carbocycles. The summed E-state index contributed by atoms with van der Waals surface area (Å²) < 4.78 is 10.6. The van der Waals surface area contributed by atoms with E-state index in [1.54, 1.807) is 14.2 Å². The second-order valence-corrected chi connectivity index (χ2v) is 4.47. The van der Waals surface area contributed by atoms with Crippen molar-refractivity contribution >= 4 is 17.6 Å². The van der Waals surface area contributed by atoms with E-state index in [0.29, 0.717) is 31.3 Å². The van der Waals surface area contributed by atoms with Gasteiger partial charge >= 0.3 is 0 Å². The monoisotopic (exact) mass is 299 g/mol. The highest BCUT2D eigenvalue weighted by Gasteiger charge is 2.05. The van der Waals surface area contributed by atoms with Gasteiger partial charge in [-0.15, -0.1) is 0 Å². The Morgan fingerprint density at radius 2 is 2.15 bits per heavy atom. The van der Waals surface area contributed by atoms with Gasteiger partial charge in [0.25, 0.3) is 0 Å². The van der Waals surface area contributed by atoms with Crippen molar-refractivity contribution in [1.82, 2.24) is 10.6 Å². The molecule has 0 aliphatic rings. The van der Waals surface area contributed by atoms with Gasteiger partial charge in [0, 0.05) is 37.8 Å². The molecule has 0 atom stereocenters. The number of hydrogen-bond donors (Lipinski definition) is 2. The first kappa shape index (κ1) is 16.6. The molecule has 0 bridgehead atoms. The van der Waals surface area contributed by atoms with E-state index in [4.69, 9.17) is 21.1 Å². The lowest BCUT2D eigenvalue weighted by atomic mass is 10.2. The van der Waals surface area contributed by atoms with Gasteiger partial charge in [0.1, 0.15) is 5.75 Å². The molecule has 20 heavy (non-hydrogen) atoms. The van der Waals surface area contributed by atoms with Crippen LogP contribution in [0, 0.1) is 0 Å². The number of hydrogen-bond acceptors (Lipinski definition) is 3. The van der Waals surface area contributed by atoms with Gasteiger partial charge in [0.15, 0.2) is 5.96 Å². The van der Waals surface area contributed by atoms with Crippen molar-refractivity contribution in [2.24, 2.45) is 4.99 Å². The molecule has 1 aromatic rings. The zero-order chi connectivity index (χ0) is 14.8. The molecule has 1 aromatic carbocycles. The summed E-state index contributed by atoms with van der Waals surface area (Å²) in [6.45, 7) is 4.50. The molecular formula is C14H22ClN3O2. The quantitative estimate of drug-likeness (QED) is 0.460. The van der Waals surface area contributed by atoms with Crippen molar-refractivity contribution in [3.63, 3.8) is 0 Å². The minimum absolute atomic E-state index is 0.605. The van der Waals surface area contributed by atoms with Crippen LogP contribution in [0.1, 0.15) is 12.5 Å². The first-order valence-electron chi connectivity index (χ1n) is 6.56. The average Bonchev–Trinajstić information content (AvgIpc) is 2.44. The molecule has 0 aromatic heterocycles. The van der Waals surface area contributed by atoms with Crippen LogP contribution in [0.25, 0.3) is 0 Å². The van der Waals surface area contributed by atoms with Gasteiger partial charge in [0.05, 0.1) is 13.2 Å². The molecule has 0 amide bonds. The maximum atomic E-state index is 5.98. The van der Waals surface area contributed by atoms with Crippen LogP contribution in [0.5, 0.6) is 5.75 Å². The summed E-state index contributed by atoms with van der Waals surface area (Å²) >= 11 is 5.98. The van der Waals surface area contributed by atoms with E-state index in [9.17, 15) is 0 Å². The lowest BCUT2D eigenvalue weighted by Gasteiger charge is -2.14. The van der Waals surface area contributed by atoms with Gasteiger partial charge in [-0.3, -0.25) is 4.99 Å². The molecule has 0 unspecified atom stereocenters. The largest absolute Gasteiger partial charge is 0.493 e. The highest BCUT2D eigenvalue weighted by Crippen LogP contribution is 2.23. The van der Waals surface area contributed by atoms with Crippen molar-refractivity contribution in [1.29, 1.82) is 0 Å². The Balaban J connectivity index is 2.59. The van der Waals surface area contributed by atoms with Crippen LogP contribution in [0.3, 0.4) is 0 Å².